The molecule has 0 unspecified atom stereocenters. The Bertz CT molecular complexity index is 455. The number of nitrogens with zero attached hydrogens (tertiary/aromatic N) is 1. The largest absolute Gasteiger partial charge is 0.370 e. The van der Waals surface area contributed by atoms with Crippen molar-refractivity contribution in [3.05, 3.63) is 23.4 Å². The van der Waals surface area contributed by atoms with E-state index in [9.17, 15) is 4.79 Å². The Morgan fingerprint density at radius 2 is 2.15 bits per heavy atom. The van der Waals surface area contributed by atoms with Crippen molar-refractivity contribution in [2.24, 2.45) is 5.92 Å². The first kappa shape index (κ1) is 14.8. The molecule has 4 nitrogen and oxygen atoms in total. The normalized spacial score (nSPS) is 14.1. The van der Waals surface area contributed by atoms with E-state index >= 15 is 0 Å². The van der Waals surface area contributed by atoms with Crippen LogP contribution in [0.4, 0.5) is 5.82 Å². The lowest BCUT2D eigenvalue weighted by Crippen LogP contribution is -2.25. The number of aryl methyl sites for hydroxylation is 1. The Kier molecular flexibility index (Phi) is 5.39. The van der Waals surface area contributed by atoms with Crippen molar-refractivity contribution >= 4 is 11.7 Å². The van der Waals surface area contributed by atoms with Crippen LogP contribution in [0.5, 0.6) is 0 Å². The summed E-state index contributed by atoms with van der Waals surface area (Å²) in [7, 11) is 0. The molecule has 1 fully saturated rings. The standard InChI is InChI=1S/C16H25N3O/c1-3-14-10-13(11-15(19-14)17-4-2)16(20)18-9-5-6-12-7-8-12/h10-12H,3-9H2,1-2H3,(H,17,19)(H,18,20). The van der Waals surface area contributed by atoms with Gasteiger partial charge in [0.15, 0.2) is 0 Å². The van der Waals surface area contributed by atoms with Crippen LogP contribution in [0, 0.1) is 5.92 Å². The second-order valence-corrected chi connectivity index (χ2v) is 5.46. The first-order valence-electron chi connectivity index (χ1n) is 7.76. The van der Waals surface area contributed by atoms with Crippen molar-refractivity contribution in [1.29, 1.82) is 0 Å². The second kappa shape index (κ2) is 7.27. The van der Waals surface area contributed by atoms with Crippen LogP contribution in [0.2, 0.25) is 0 Å². The lowest BCUT2D eigenvalue weighted by atomic mass is 10.1. The van der Waals surface area contributed by atoms with Crippen LogP contribution in [0.25, 0.3) is 0 Å². The van der Waals surface area contributed by atoms with Crippen LogP contribution in [-0.4, -0.2) is 24.0 Å². The van der Waals surface area contributed by atoms with Crippen molar-refractivity contribution in [3.63, 3.8) is 0 Å². The Balaban J connectivity index is 1.90. The maximum absolute atomic E-state index is 12.2. The number of anilines is 1. The van der Waals surface area contributed by atoms with E-state index in [4.69, 9.17) is 0 Å². The zero-order valence-electron chi connectivity index (χ0n) is 12.5. The summed E-state index contributed by atoms with van der Waals surface area (Å²) in [6.45, 7) is 5.66. The molecule has 110 valence electrons. The van der Waals surface area contributed by atoms with Crippen LogP contribution in [0.3, 0.4) is 0 Å². The molecule has 1 aromatic rings. The predicted molar refractivity (Wildman–Crippen MR) is 82.1 cm³/mol. The van der Waals surface area contributed by atoms with E-state index < -0.39 is 0 Å². The van der Waals surface area contributed by atoms with Gasteiger partial charge in [-0.3, -0.25) is 4.79 Å². The van der Waals surface area contributed by atoms with Crippen LogP contribution >= 0.6 is 0 Å². The molecule has 1 heterocycles. The van der Waals surface area contributed by atoms with Gasteiger partial charge >= 0.3 is 0 Å². The average Bonchev–Trinajstić information content (AvgIpc) is 3.27. The summed E-state index contributed by atoms with van der Waals surface area (Å²) >= 11 is 0. The van der Waals surface area contributed by atoms with E-state index in [1.165, 1.54) is 19.3 Å². The van der Waals surface area contributed by atoms with Crippen molar-refractivity contribution in [3.8, 4) is 0 Å². The van der Waals surface area contributed by atoms with E-state index in [-0.39, 0.29) is 5.91 Å². The molecular formula is C16H25N3O. The molecule has 1 aliphatic rings. The predicted octanol–water partition coefficient (Wildman–Crippen LogP) is 3.00. The van der Waals surface area contributed by atoms with Crippen LogP contribution < -0.4 is 10.6 Å². The molecule has 1 saturated carbocycles. The molecule has 1 amide bonds. The molecular weight excluding hydrogens is 250 g/mol. The lowest BCUT2D eigenvalue weighted by molar-refractivity contribution is 0.0952. The molecule has 0 bridgehead atoms. The molecule has 0 atom stereocenters. The van der Waals surface area contributed by atoms with Gasteiger partial charge in [-0.1, -0.05) is 19.8 Å². The van der Waals surface area contributed by atoms with Gasteiger partial charge in [-0.05, 0) is 44.2 Å². The molecule has 2 N–H and O–H groups in total. The van der Waals surface area contributed by atoms with Crippen LogP contribution in [0.1, 0.15) is 55.6 Å². The van der Waals surface area contributed by atoms with Crippen molar-refractivity contribution in [2.75, 3.05) is 18.4 Å². The minimum atomic E-state index is 0.0112. The van der Waals surface area contributed by atoms with Gasteiger partial charge in [0.05, 0.1) is 0 Å². The number of rotatable bonds is 8. The molecule has 20 heavy (non-hydrogen) atoms. The summed E-state index contributed by atoms with van der Waals surface area (Å²) in [6, 6.07) is 3.72. The van der Waals surface area contributed by atoms with E-state index in [0.717, 1.165) is 43.4 Å². The summed E-state index contributed by atoms with van der Waals surface area (Å²) < 4.78 is 0. The second-order valence-electron chi connectivity index (χ2n) is 5.46. The van der Waals surface area contributed by atoms with E-state index in [1.54, 1.807) is 0 Å². The highest BCUT2D eigenvalue weighted by Gasteiger charge is 2.20. The zero-order valence-corrected chi connectivity index (χ0v) is 12.5. The number of nitrogens with one attached hydrogen (secondary N) is 2. The Morgan fingerprint density at radius 1 is 1.35 bits per heavy atom. The highest BCUT2D eigenvalue weighted by Crippen LogP contribution is 2.33. The Hall–Kier alpha value is -1.58. The Morgan fingerprint density at radius 3 is 2.80 bits per heavy atom. The fourth-order valence-corrected chi connectivity index (χ4v) is 2.27. The molecule has 0 aromatic carbocycles. The molecule has 0 aliphatic heterocycles. The number of amides is 1. The van der Waals surface area contributed by atoms with Gasteiger partial charge in [-0.2, -0.15) is 0 Å². The molecule has 0 spiro atoms. The number of hydrogen-bond acceptors (Lipinski definition) is 3. The fourth-order valence-electron chi connectivity index (χ4n) is 2.27. The van der Waals surface area contributed by atoms with Crippen molar-refractivity contribution in [2.45, 2.75) is 46.0 Å². The first-order valence-corrected chi connectivity index (χ1v) is 7.76. The van der Waals surface area contributed by atoms with Gasteiger partial charge in [0.2, 0.25) is 0 Å². The maximum Gasteiger partial charge on any atom is 0.251 e. The van der Waals surface area contributed by atoms with E-state index in [2.05, 4.69) is 22.5 Å². The van der Waals surface area contributed by atoms with Crippen LogP contribution in [0.15, 0.2) is 12.1 Å². The van der Waals surface area contributed by atoms with E-state index in [1.807, 2.05) is 19.1 Å². The number of hydrogen-bond donors (Lipinski definition) is 2. The van der Waals surface area contributed by atoms with Gasteiger partial charge in [0.1, 0.15) is 5.82 Å². The maximum atomic E-state index is 12.2. The summed E-state index contributed by atoms with van der Waals surface area (Å²) in [5, 5.41) is 6.19. The number of carbonyl (C=O) groups excluding carboxylic acids is 1. The van der Waals surface area contributed by atoms with E-state index in [0.29, 0.717) is 5.56 Å². The zero-order chi connectivity index (χ0) is 14.4. The van der Waals surface area contributed by atoms with Crippen molar-refractivity contribution < 1.29 is 4.79 Å². The summed E-state index contributed by atoms with van der Waals surface area (Å²) in [5.41, 5.74) is 1.66. The molecule has 2 rings (SSSR count). The molecule has 4 heteroatoms. The smallest absolute Gasteiger partial charge is 0.251 e. The van der Waals surface area contributed by atoms with Crippen LogP contribution in [-0.2, 0) is 6.42 Å². The quantitative estimate of drug-likeness (QED) is 0.717. The summed E-state index contributed by atoms with van der Waals surface area (Å²) in [6.07, 6.45) is 5.93. The number of carbonyl (C=O) groups is 1. The topological polar surface area (TPSA) is 54.0 Å². The summed E-state index contributed by atoms with van der Waals surface area (Å²) in [4.78, 5) is 16.6. The fraction of sp³-hybridized carbons (Fsp3) is 0.625. The monoisotopic (exact) mass is 275 g/mol. The highest BCUT2D eigenvalue weighted by molar-refractivity contribution is 5.95. The van der Waals surface area contributed by atoms with Gasteiger partial charge in [-0.15, -0.1) is 0 Å². The number of pyridine rings is 1. The van der Waals surface area contributed by atoms with Gasteiger partial charge in [0.25, 0.3) is 5.91 Å². The number of aromatic nitrogens is 1. The highest BCUT2D eigenvalue weighted by atomic mass is 16.1. The molecule has 1 aromatic heterocycles. The lowest BCUT2D eigenvalue weighted by Gasteiger charge is -2.09. The average molecular weight is 275 g/mol. The van der Waals surface area contributed by atoms with Crippen molar-refractivity contribution in [1.82, 2.24) is 10.3 Å². The van der Waals surface area contributed by atoms with Gasteiger partial charge < -0.3 is 10.6 Å². The minimum Gasteiger partial charge on any atom is -0.370 e. The molecule has 0 saturated heterocycles. The third kappa shape index (κ3) is 4.51. The molecule has 1 aliphatic carbocycles. The van der Waals surface area contributed by atoms with Gasteiger partial charge in [-0.25, -0.2) is 4.98 Å². The summed E-state index contributed by atoms with van der Waals surface area (Å²) in [5.74, 6) is 1.73. The molecule has 0 radical (unpaired) electrons. The SMILES string of the molecule is CCNc1cc(C(=O)NCCCC2CC2)cc(CC)n1. The Labute approximate surface area is 121 Å². The third-order valence-electron chi connectivity index (χ3n) is 3.63. The van der Waals surface area contributed by atoms with Gasteiger partial charge in [0, 0.05) is 24.3 Å². The third-order valence-corrected chi connectivity index (χ3v) is 3.63. The minimum absolute atomic E-state index is 0.0112. The first-order chi connectivity index (χ1) is 9.72.